The molecule has 0 amide bonds. The molecule has 0 atom stereocenters. The van der Waals surface area contributed by atoms with Crippen LogP contribution in [0.2, 0.25) is 0 Å². The molecule has 12 heavy (non-hydrogen) atoms. The number of benzene rings is 1. The SMILES string of the molecule is [Si]NCn1nnc2ccccc21. The minimum absolute atomic E-state index is 0.609. The summed E-state index contributed by atoms with van der Waals surface area (Å²) in [7, 11) is 3.16. The van der Waals surface area contributed by atoms with Crippen molar-refractivity contribution >= 4 is 21.4 Å². The van der Waals surface area contributed by atoms with Gasteiger partial charge in [0.15, 0.2) is 0 Å². The average Bonchev–Trinajstić information content (AvgIpc) is 2.50. The minimum Gasteiger partial charge on any atom is -0.322 e. The fourth-order valence-corrected chi connectivity index (χ4v) is 1.26. The van der Waals surface area contributed by atoms with E-state index in [1.54, 1.807) is 4.68 Å². The lowest BCUT2D eigenvalue weighted by molar-refractivity contribution is 0.596. The highest BCUT2D eigenvalue weighted by Gasteiger charge is 1.99. The van der Waals surface area contributed by atoms with Crippen LogP contribution in [0.25, 0.3) is 11.0 Å². The quantitative estimate of drug-likeness (QED) is 0.656. The lowest BCUT2D eigenvalue weighted by Gasteiger charge is -1.98. The predicted molar refractivity (Wildman–Crippen MR) is 46.4 cm³/mol. The Morgan fingerprint density at radius 1 is 1.42 bits per heavy atom. The maximum Gasteiger partial charge on any atom is 0.142 e. The van der Waals surface area contributed by atoms with Gasteiger partial charge in [0.2, 0.25) is 0 Å². The van der Waals surface area contributed by atoms with Gasteiger partial charge in [-0.1, -0.05) is 17.3 Å². The number of para-hydroxylation sites is 1. The molecule has 5 heteroatoms. The predicted octanol–water partition coefficient (Wildman–Crippen LogP) is 0.0619. The van der Waals surface area contributed by atoms with Crippen LogP contribution in [0.15, 0.2) is 24.3 Å². The number of rotatable bonds is 2. The zero-order valence-corrected chi connectivity index (χ0v) is 7.36. The summed E-state index contributed by atoms with van der Waals surface area (Å²) < 4.78 is 1.78. The zero-order chi connectivity index (χ0) is 8.39. The van der Waals surface area contributed by atoms with Gasteiger partial charge < -0.3 is 4.98 Å². The lowest BCUT2D eigenvalue weighted by Crippen LogP contribution is -2.15. The second-order valence-electron chi connectivity index (χ2n) is 2.41. The Bertz CT molecular complexity index is 384. The van der Waals surface area contributed by atoms with E-state index in [0.29, 0.717) is 6.67 Å². The first kappa shape index (κ1) is 7.45. The molecular weight excluding hydrogens is 168 g/mol. The maximum absolute atomic E-state index is 3.99. The molecule has 0 saturated heterocycles. The Hall–Kier alpha value is -1.20. The molecule has 59 valence electrons. The van der Waals surface area contributed by atoms with Crippen LogP contribution < -0.4 is 4.98 Å². The Kier molecular flexibility index (Phi) is 1.89. The van der Waals surface area contributed by atoms with Gasteiger partial charge in [0.25, 0.3) is 0 Å². The Morgan fingerprint density at radius 2 is 2.25 bits per heavy atom. The van der Waals surface area contributed by atoms with Crippen molar-refractivity contribution in [2.24, 2.45) is 0 Å². The van der Waals surface area contributed by atoms with Gasteiger partial charge in [-0.15, -0.1) is 5.10 Å². The van der Waals surface area contributed by atoms with Crippen LogP contribution in [-0.4, -0.2) is 25.4 Å². The van der Waals surface area contributed by atoms with Crippen molar-refractivity contribution in [3.8, 4) is 0 Å². The zero-order valence-electron chi connectivity index (χ0n) is 6.36. The minimum atomic E-state index is 0.609. The fraction of sp³-hybridized carbons (Fsp3) is 0.143. The molecule has 4 nitrogen and oxygen atoms in total. The number of nitrogens with one attached hydrogen (secondary N) is 1. The molecule has 0 bridgehead atoms. The average molecular weight is 175 g/mol. The molecular formula is C7H7N4Si. The summed E-state index contributed by atoms with van der Waals surface area (Å²) in [4.78, 5) is 2.83. The molecule has 0 aliphatic carbocycles. The highest BCUT2D eigenvalue weighted by molar-refractivity contribution is 6.04. The molecule has 0 spiro atoms. The van der Waals surface area contributed by atoms with E-state index < -0.39 is 0 Å². The van der Waals surface area contributed by atoms with Gasteiger partial charge in [0.05, 0.1) is 12.2 Å². The highest BCUT2D eigenvalue weighted by atomic mass is 28.2. The van der Waals surface area contributed by atoms with Crippen LogP contribution >= 0.6 is 0 Å². The molecule has 2 rings (SSSR count). The third-order valence-corrected chi connectivity index (χ3v) is 1.81. The normalized spacial score (nSPS) is 10.8. The first-order chi connectivity index (χ1) is 5.92. The first-order valence-corrected chi connectivity index (χ1v) is 4.09. The van der Waals surface area contributed by atoms with E-state index in [9.17, 15) is 0 Å². The summed E-state index contributed by atoms with van der Waals surface area (Å²) in [5, 5.41) is 7.95. The van der Waals surface area contributed by atoms with E-state index in [1.165, 1.54) is 0 Å². The van der Waals surface area contributed by atoms with Gasteiger partial charge in [-0.05, 0) is 12.1 Å². The third kappa shape index (κ3) is 1.13. The number of nitrogens with zero attached hydrogens (tertiary/aromatic N) is 3. The van der Waals surface area contributed by atoms with Gasteiger partial charge in [-0.3, -0.25) is 0 Å². The fourth-order valence-electron chi connectivity index (χ4n) is 1.11. The number of fused-ring (bicyclic) bond motifs is 1. The topological polar surface area (TPSA) is 42.7 Å². The van der Waals surface area contributed by atoms with E-state index in [2.05, 4.69) is 25.7 Å². The highest BCUT2D eigenvalue weighted by Crippen LogP contribution is 2.08. The second kappa shape index (κ2) is 3.04. The molecule has 0 unspecified atom stereocenters. The van der Waals surface area contributed by atoms with Gasteiger partial charge >= 0.3 is 0 Å². The molecule has 1 aromatic heterocycles. The van der Waals surface area contributed by atoms with Gasteiger partial charge in [-0.25, -0.2) is 4.68 Å². The standard InChI is InChI=1S/C7H7N4Si/c12-8-5-11-7-4-2-1-3-6(7)9-10-11/h1-4,8H,5H2. The van der Waals surface area contributed by atoms with E-state index in [-0.39, 0.29) is 0 Å². The van der Waals surface area contributed by atoms with E-state index in [1.807, 2.05) is 24.3 Å². The van der Waals surface area contributed by atoms with Crippen LogP contribution in [-0.2, 0) is 6.67 Å². The van der Waals surface area contributed by atoms with Gasteiger partial charge in [0, 0.05) is 0 Å². The molecule has 0 aliphatic rings. The molecule has 0 aliphatic heterocycles. The molecule has 3 radical (unpaired) electrons. The van der Waals surface area contributed by atoms with Gasteiger partial charge in [-0.2, -0.15) is 0 Å². The Morgan fingerprint density at radius 3 is 3.08 bits per heavy atom. The van der Waals surface area contributed by atoms with Crippen molar-refractivity contribution in [3.05, 3.63) is 24.3 Å². The molecule has 0 saturated carbocycles. The lowest BCUT2D eigenvalue weighted by atomic mass is 10.3. The van der Waals surface area contributed by atoms with Crippen LogP contribution in [0.5, 0.6) is 0 Å². The van der Waals surface area contributed by atoms with Crippen molar-refractivity contribution in [2.75, 3.05) is 0 Å². The maximum atomic E-state index is 3.99. The number of hydrogen-bond acceptors (Lipinski definition) is 3. The molecule has 1 N–H and O–H groups in total. The first-order valence-electron chi connectivity index (χ1n) is 3.59. The van der Waals surface area contributed by atoms with Crippen LogP contribution in [0.3, 0.4) is 0 Å². The molecule has 1 aromatic carbocycles. The smallest absolute Gasteiger partial charge is 0.142 e. The van der Waals surface area contributed by atoms with Crippen LogP contribution in [0.1, 0.15) is 0 Å². The van der Waals surface area contributed by atoms with Crippen molar-refractivity contribution in [3.63, 3.8) is 0 Å². The summed E-state index contributed by atoms with van der Waals surface area (Å²) >= 11 is 0. The van der Waals surface area contributed by atoms with Crippen molar-refractivity contribution in [1.82, 2.24) is 20.0 Å². The summed E-state index contributed by atoms with van der Waals surface area (Å²) in [6.45, 7) is 0.609. The number of aromatic nitrogens is 3. The monoisotopic (exact) mass is 175 g/mol. The second-order valence-corrected chi connectivity index (χ2v) is 2.77. The molecule has 0 fully saturated rings. The van der Waals surface area contributed by atoms with Crippen molar-refractivity contribution in [1.29, 1.82) is 0 Å². The van der Waals surface area contributed by atoms with E-state index >= 15 is 0 Å². The Balaban J connectivity index is 2.55. The summed E-state index contributed by atoms with van der Waals surface area (Å²) in [5.74, 6) is 0. The van der Waals surface area contributed by atoms with Gasteiger partial charge in [0.1, 0.15) is 15.9 Å². The third-order valence-electron chi connectivity index (χ3n) is 1.65. The summed E-state index contributed by atoms with van der Waals surface area (Å²) in [5.41, 5.74) is 1.95. The largest absolute Gasteiger partial charge is 0.322 e. The van der Waals surface area contributed by atoms with Crippen molar-refractivity contribution < 1.29 is 0 Å². The molecule has 2 aromatic rings. The Labute approximate surface area is 73.1 Å². The summed E-state index contributed by atoms with van der Waals surface area (Å²) in [6.07, 6.45) is 0. The van der Waals surface area contributed by atoms with E-state index in [4.69, 9.17) is 0 Å². The summed E-state index contributed by atoms with van der Waals surface area (Å²) in [6, 6.07) is 7.84. The number of hydrogen-bond donors (Lipinski definition) is 1. The van der Waals surface area contributed by atoms with Crippen LogP contribution in [0.4, 0.5) is 0 Å². The van der Waals surface area contributed by atoms with Crippen molar-refractivity contribution in [2.45, 2.75) is 6.67 Å². The van der Waals surface area contributed by atoms with E-state index in [0.717, 1.165) is 11.0 Å². The molecule has 1 heterocycles. The van der Waals surface area contributed by atoms with Crippen LogP contribution in [0, 0.1) is 0 Å².